The first-order chi connectivity index (χ1) is 16.5. The van der Waals surface area contributed by atoms with Gasteiger partial charge in [0.15, 0.2) is 0 Å². The number of amides is 3. The maximum absolute atomic E-state index is 13.3. The predicted molar refractivity (Wildman–Crippen MR) is 129 cm³/mol. The Hall–Kier alpha value is -3.39. The van der Waals surface area contributed by atoms with E-state index < -0.39 is 11.6 Å². The number of nitrogens with one attached hydrogen (secondary N) is 1. The second-order valence-corrected chi connectivity index (χ2v) is 9.12. The van der Waals surface area contributed by atoms with Crippen molar-refractivity contribution in [3.63, 3.8) is 0 Å². The summed E-state index contributed by atoms with van der Waals surface area (Å²) in [5.74, 6) is 0.373. The van der Waals surface area contributed by atoms with Crippen LogP contribution in [0.25, 0.3) is 0 Å². The summed E-state index contributed by atoms with van der Waals surface area (Å²) in [7, 11) is 0. The van der Waals surface area contributed by atoms with Gasteiger partial charge in [-0.15, -0.1) is 0 Å². The first-order valence-electron chi connectivity index (χ1n) is 12.0. The van der Waals surface area contributed by atoms with Crippen LogP contribution in [-0.2, 0) is 14.4 Å². The quantitative estimate of drug-likeness (QED) is 0.665. The second-order valence-electron chi connectivity index (χ2n) is 9.12. The van der Waals surface area contributed by atoms with E-state index in [2.05, 4.69) is 15.1 Å². The fourth-order valence-corrected chi connectivity index (χ4v) is 5.32. The van der Waals surface area contributed by atoms with Gasteiger partial charge < -0.3 is 15.0 Å². The van der Waals surface area contributed by atoms with Crippen LogP contribution in [0.4, 0.5) is 11.4 Å². The lowest BCUT2D eigenvalue weighted by Crippen LogP contribution is -2.58. The number of anilines is 2. The molecule has 1 atom stereocenters. The monoisotopic (exact) mass is 462 g/mol. The molecule has 8 nitrogen and oxygen atoms in total. The van der Waals surface area contributed by atoms with Crippen LogP contribution in [0.1, 0.15) is 32.6 Å². The summed E-state index contributed by atoms with van der Waals surface area (Å²) in [6.07, 6.45) is 2.28. The Morgan fingerprint density at radius 1 is 0.971 bits per heavy atom. The molecular weight excluding hydrogens is 432 g/mol. The van der Waals surface area contributed by atoms with Gasteiger partial charge in [-0.05, 0) is 55.7 Å². The lowest BCUT2D eigenvalue weighted by atomic mass is 9.85. The molecule has 3 heterocycles. The number of carbonyl (C=O) groups excluding carboxylic acids is 3. The molecule has 3 aliphatic heterocycles. The molecule has 3 amide bonds. The van der Waals surface area contributed by atoms with Gasteiger partial charge in [-0.1, -0.05) is 25.1 Å². The molecule has 3 saturated heterocycles. The minimum atomic E-state index is -0.614. The van der Waals surface area contributed by atoms with Crippen molar-refractivity contribution in [2.45, 2.75) is 44.2 Å². The van der Waals surface area contributed by atoms with Crippen LogP contribution in [0.5, 0.6) is 5.75 Å². The number of hydrogen-bond acceptors (Lipinski definition) is 6. The van der Waals surface area contributed by atoms with Crippen molar-refractivity contribution in [1.29, 1.82) is 0 Å². The Labute approximate surface area is 199 Å². The van der Waals surface area contributed by atoms with Crippen molar-refractivity contribution in [2.24, 2.45) is 0 Å². The van der Waals surface area contributed by atoms with Gasteiger partial charge in [0.25, 0.3) is 5.91 Å². The molecule has 0 unspecified atom stereocenters. The Morgan fingerprint density at radius 2 is 1.68 bits per heavy atom. The van der Waals surface area contributed by atoms with Gasteiger partial charge in [0, 0.05) is 18.8 Å². The number of benzene rings is 2. The van der Waals surface area contributed by atoms with E-state index in [1.54, 1.807) is 24.3 Å². The van der Waals surface area contributed by atoms with Crippen LogP contribution in [-0.4, -0.2) is 60.6 Å². The first-order valence-corrected chi connectivity index (χ1v) is 12.0. The van der Waals surface area contributed by atoms with Crippen LogP contribution < -0.4 is 19.9 Å². The molecule has 0 aromatic heterocycles. The van der Waals surface area contributed by atoms with Crippen molar-refractivity contribution in [1.82, 2.24) is 10.2 Å². The van der Waals surface area contributed by atoms with Crippen LogP contribution in [0, 0.1) is 0 Å². The fourth-order valence-electron chi connectivity index (χ4n) is 5.32. The van der Waals surface area contributed by atoms with Crippen molar-refractivity contribution in [3.8, 4) is 5.75 Å². The number of carbonyl (C=O) groups is 3. The molecule has 2 aromatic rings. The van der Waals surface area contributed by atoms with Gasteiger partial charge in [0.2, 0.25) is 11.8 Å². The van der Waals surface area contributed by atoms with Gasteiger partial charge in [-0.25, -0.2) is 4.90 Å². The van der Waals surface area contributed by atoms with Crippen LogP contribution in [0.2, 0.25) is 0 Å². The van der Waals surface area contributed by atoms with E-state index >= 15 is 0 Å². The number of likely N-dealkylation sites (tertiary alicyclic amines) is 1. The van der Waals surface area contributed by atoms with E-state index in [1.165, 1.54) is 4.90 Å². The molecule has 0 saturated carbocycles. The molecule has 2 aromatic carbocycles. The summed E-state index contributed by atoms with van der Waals surface area (Å²) in [4.78, 5) is 44.5. The maximum Gasteiger partial charge on any atom is 0.251 e. The standard InChI is InChI=1S/C26H30N4O4/c1-2-16-34-21-10-8-20(9-11-21)30-23(31)17-22(24(30)32)28-14-12-26(13-15-28)25(33)27-18-29(26)19-6-4-3-5-7-19/h3-11,22H,2,12-18H2,1H3,(H,27,33)/t22-/m1/s1. The summed E-state index contributed by atoms with van der Waals surface area (Å²) in [5, 5.41) is 3.00. The van der Waals surface area contributed by atoms with Crippen LogP contribution in [0.15, 0.2) is 54.6 Å². The van der Waals surface area contributed by atoms with E-state index in [9.17, 15) is 14.4 Å². The Balaban J connectivity index is 1.28. The van der Waals surface area contributed by atoms with E-state index in [4.69, 9.17) is 4.74 Å². The van der Waals surface area contributed by atoms with Crippen molar-refractivity contribution < 1.29 is 19.1 Å². The van der Waals surface area contributed by atoms with Gasteiger partial charge in [0.1, 0.15) is 11.3 Å². The summed E-state index contributed by atoms with van der Waals surface area (Å²) in [5.41, 5.74) is 0.969. The van der Waals surface area contributed by atoms with Crippen molar-refractivity contribution in [3.05, 3.63) is 54.6 Å². The Morgan fingerprint density at radius 3 is 2.35 bits per heavy atom. The first kappa shape index (κ1) is 22.4. The molecule has 8 heteroatoms. The minimum Gasteiger partial charge on any atom is -0.494 e. The van der Waals surface area contributed by atoms with E-state index in [1.807, 2.05) is 37.3 Å². The summed E-state index contributed by atoms with van der Waals surface area (Å²) < 4.78 is 5.60. The zero-order valence-electron chi connectivity index (χ0n) is 19.4. The highest BCUT2D eigenvalue weighted by atomic mass is 16.5. The highest BCUT2D eigenvalue weighted by Gasteiger charge is 2.52. The number of ether oxygens (including phenoxy) is 1. The number of rotatable bonds is 6. The van der Waals surface area contributed by atoms with Crippen LogP contribution in [0.3, 0.4) is 0 Å². The van der Waals surface area contributed by atoms with Gasteiger partial charge in [-0.3, -0.25) is 19.3 Å². The molecule has 1 spiro atoms. The third-order valence-electron chi connectivity index (χ3n) is 7.16. The van der Waals surface area contributed by atoms with Crippen LogP contribution >= 0.6 is 0 Å². The summed E-state index contributed by atoms with van der Waals surface area (Å²) in [6, 6.07) is 16.6. The molecular formula is C26H30N4O4. The molecule has 1 N–H and O–H groups in total. The van der Waals surface area contributed by atoms with Gasteiger partial charge >= 0.3 is 0 Å². The number of hydrogen-bond donors (Lipinski definition) is 1. The third kappa shape index (κ3) is 3.81. The van der Waals surface area contributed by atoms with E-state index in [-0.39, 0.29) is 24.1 Å². The average molecular weight is 463 g/mol. The smallest absolute Gasteiger partial charge is 0.251 e. The Kier molecular flexibility index (Phi) is 6.00. The van der Waals surface area contributed by atoms with Gasteiger partial charge in [0.05, 0.1) is 31.4 Å². The maximum atomic E-state index is 13.3. The normalized spacial score (nSPS) is 22.5. The zero-order chi connectivity index (χ0) is 23.7. The van der Waals surface area contributed by atoms with Gasteiger partial charge in [-0.2, -0.15) is 0 Å². The number of piperidine rings is 1. The molecule has 0 aliphatic carbocycles. The fraction of sp³-hybridized carbons (Fsp3) is 0.423. The van der Waals surface area contributed by atoms with Crippen molar-refractivity contribution >= 4 is 29.1 Å². The predicted octanol–water partition coefficient (Wildman–Crippen LogP) is 2.54. The molecule has 5 rings (SSSR count). The molecule has 0 radical (unpaired) electrons. The SMILES string of the molecule is CCCOc1ccc(N2C(=O)C[C@@H](N3CCC4(CC3)C(=O)NCN4c3ccccc3)C2=O)cc1. The second kappa shape index (κ2) is 9.10. The minimum absolute atomic E-state index is 0.0387. The number of nitrogens with zero attached hydrogens (tertiary/aromatic N) is 3. The number of imide groups is 1. The Bertz CT molecular complexity index is 1060. The summed E-state index contributed by atoms with van der Waals surface area (Å²) >= 11 is 0. The largest absolute Gasteiger partial charge is 0.494 e. The van der Waals surface area contributed by atoms with Crippen molar-refractivity contribution in [2.75, 3.05) is 36.2 Å². The highest BCUT2D eigenvalue weighted by Crippen LogP contribution is 2.38. The number of para-hydroxylation sites is 1. The average Bonchev–Trinajstić information content (AvgIpc) is 3.34. The molecule has 34 heavy (non-hydrogen) atoms. The lowest BCUT2D eigenvalue weighted by molar-refractivity contribution is -0.126. The van der Waals surface area contributed by atoms with E-state index in [0.29, 0.717) is 44.9 Å². The molecule has 0 bridgehead atoms. The topological polar surface area (TPSA) is 82.2 Å². The zero-order valence-corrected chi connectivity index (χ0v) is 19.4. The molecule has 3 aliphatic rings. The summed E-state index contributed by atoms with van der Waals surface area (Å²) in [6.45, 7) is 4.31. The van der Waals surface area contributed by atoms with E-state index in [0.717, 1.165) is 17.9 Å². The highest BCUT2D eigenvalue weighted by molar-refractivity contribution is 6.22. The molecule has 3 fully saturated rings. The third-order valence-corrected chi connectivity index (χ3v) is 7.16. The lowest BCUT2D eigenvalue weighted by Gasteiger charge is -2.44. The molecule has 178 valence electrons.